The summed E-state index contributed by atoms with van der Waals surface area (Å²) in [4.78, 5) is 0. The quantitative estimate of drug-likeness (QED) is 0.544. The molecule has 0 spiro atoms. The molecule has 0 aliphatic carbocycles. The van der Waals surface area contributed by atoms with E-state index in [0.717, 1.165) is 0 Å². The molecule has 1 heterocycles. The zero-order valence-corrected chi connectivity index (χ0v) is 6.07. The Morgan fingerprint density at radius 2 is 2.33 bits per heavy atom. The van der Waals surface area contributed by atoms with Crippen molar-refractivity contribution in [2.75, 3.05) is 5.73 Å². The maximum atomic E-state index is 8.67. The Kier molecular flexibility index (Phi) is 1.21. The number of nitrogen functional groups attached to an aromatic ring is 1. The number of hydrogen-bond acceptors (Lipinski definition) is 4. The van der Waals surface area contributed by atoms with Gasteiger partial charge in [0.25, 0.3) is 0 Å². The summed E-state index contributed by atoms with van der Waals surface area (Å²) < 4.78 is 0. The van der Waals surface area contributed by atoms with Crippen LogP contribution in [0.25, 0.3) is 11.0 Å². The molecule has 0 bridgehead atoms. The van der Waals surface area contributed by atoms with Gasteiger partial charge < -0.3 is 5.73 Å². The van der Waals surface area contributed by atoms with E-state index in [-0.39, 0.29) is 0 Å². The van der Waals surface area contributed by atoms with E-state index >= 15 is 0 Å². The minimum Gasteiger partial charge on any atom is -0.397 e. The van der Waals surface area contributed by atoms with Crippen molar-refractivity contribution in [3.8, 4) is 6.07 Å². The number of H-pyrrole nitrogens is 1. The first-order valence-electron chi connectivity index (χ1n) is 3.32. The molecule has 12 heavy (non-hydrogen) atoms. The van der Waals surface area contributed by atoms with Crippen molar-refractivity contribution in [1.29, 1.82) is 5.26 Å². The van der Waals surface area contributed by atoms with E-state index in [1.807, 2.05) is 6.07 Å². The standard InChI is InChI=1S/C7H5N5/c8-3-4-1-2-5(9)7-6(4)10-12-11-7/h1-2H,9H2,(H,10,11,12). The molecule has 0 radical (unpaired) electrons. The van der Waals surface area contributed by atoms with Crippen molar-refractivity contribution >= 4 is 16.7 Å². The first-order chi connectivity index (χ1) is 5.83. The molecule has 5 nitrogen and oxygen atoms in total. The summed E-state index contributed by atoms with van der Waals surface area (Å²) in [5.41, 5.74) is 7.78. The Bertz CT molecular complexity index is 464. The maximum absolute atomic E-state index is 8.67. The fraction of sp³-hybridized carbons (Fsp3) is 0. The first kappa shape index (κ1) is 6.61. The van der Waals surface area contributed by atoms with Gasteiger partial charge in [0.05, 0.1) is 11.3 Å². The second-order valence-electron chi connectivity index (χ2n) is 2.35. The second kappa shape index (κ2) is 2.20. The van der Waals surface area contributed by atoms with Crippen LogP contribution >= 0.6 is 0 Å². The average molecular weight is 159 g/mol. The lowest BCUT2D eigenvalue weighted by Gasteiger charge is -1.93. The van der Waals surface area contributed by atoms with Crippen LogP contribution in [0, 0.1) is 11.3 Å². The molecule has 58 valence electrons. The fourth-order valence-corrected chi connectivity index (χ4v) is 1.04. The molecule has 0 amide bonds. The topological polar surface area (TPSA) is 91.4 Å². The summed E-state index contributed by atoms with van der Waals surface area (Å²) in [5, 5.41) is 18.6. The van der Waals surface area contributed by atoms with Crippen LogP contribution in [0.2, 0.25) is 0 Å². The monoisotopic (exact) mass is 159 g/mol. The Balaban J connectivity index is 2.94. The number of rotatable bonds is 0. The molecular formula is C7H5N5. The highest BCUT2D eigenvalue weighted by Gasteiger charge is 2.05. The summed E-state index contributed by atoms with van der Waals surface area (Å²) in [6.45, 7) is 0. The van der Waals surface area contributed by atoms with Crippen LogP contribution in [0.4, 0.5) is 5.69 Å². The highest BCUT2D eigenvalue weighted by atomic mass is 15.3. The SMILES string of the molecule is N#Cc1ccc(N)c2[nH]nnc12. The number of aromatic amines is 1. The van der Waals surface area contributed by atoms with Crippen LogP contribution in [0.3, 0.4) is 0 Å². The number of nitrogens with two attached hydrogens (primary N) is 1. The molecule has 0 unspecified atom stereocenters. The Morgan fingerprint density at radius 3 is 3.08 bits per heavy atom. The van der Waals surface area contributed by atoms with Crippen LogP contribution in [-0.4, -0.2) is 15.4 Å². The molecule has 0 saturated carbocycles. The van der Waals surface area contributed by atoms with Crippen LogP contribution < -0.4 is 5.73 Å². The predicted octanol–water partition coefficient (Wildman–Crippen LogP) is 0.412. The summed E-state index contributed by atoms with van der Waals surface area (Å²) >= 11 is 0. The minimum absolute atomic E-state index is 0.480. The third-order valence-electron chi connectivity index (χ3n) is 1.64. The lowest BCUT2D eigenvalue weighted by molar-refractivity contribution is 0.959. The lowest BCUT2D eigenvalue weighted by atomic mass is 10.2. The van der Waals surface area contributed by atoms with E-state index in [1.165, 1.54) is 0 Å². The summed E-state index contributed by atoms with van der Waals surface area (Å²) in [5.74, 6) is 0. The fourth-order valence-electron chi connectivity index (χ4n) is 1.04. The number of anilines is 1. The number of benzene rings is 1. The molecule has 0 aliphatic rings. The van der Waals surface area contributed by atoms with Crippen LogP contribution in [-0.2, 0) is 0 Å². The van der Waals surface area contributed by atoms with Gasteiger partial charge in [-0.3, -0.25) is 5.10 Å². The van der Waals surface area contributed by atoms with Gasteiger partial charge in [0.2, 0.25) is 0 Å². The number of fused-ring (bicyclic) bond motifs is 1. The average Bonchev–Trinajstić information content (AvgIpc) is 2.54. The molecule has 0 atom stereocenters. The van der Waals surface area contributed by atoms with Gasteiger partial charge in [-0.25, -0.2) is 0 Å². The third kappa shape index (κ3) is 0.720. The lowest BCUT2D eigenvalue weighted by Crippen LogP contribution is -1.87. The highest BCUT2D eigenvalue weighted by Crippen LogP contribution is 2.18. The van der Waals surface area contributed by atoms with Gasteiger partial charge in [0, 0.05) is 0 Å². The van der Waals surface area contributed by atoms with Crippen molar-refractivity contribution in [3.05, 3.63) is 17.7 Å². The van der Waals surface area contributed by atoms with E-state index in [9.17, 15) is 0 Å². The summed E-state index contributed by atoms with van der Waals surface area (Å²) in [6.07, 6.45) is 0. The van der Waals surface area contributed by atoms with E-state index in [2.05, 4.69) is 15.4 Å². The summed E-state index contributed by atoms with van der Waals surface area (Å²) in [6, 6.07) is 5.28. The number of nitrogens with zero attached hydrogens (tertiary/aromatic N) is 3. The predicted molar refractivity (Wildman–Crippen MR) is 43.0 cm³/mol. The minimum atomic E-state index is 0.480. The number of aromatic nitrogens is 3. The van der Waals surface area contributed by atoms with Crippen LogP contribution in [0.15, 0.2) is 12.1 Å². The molecule has 2 rings (SSSR count). The molecule has 0 fully saturated rings. The normalized spacial score (nSPS) is 9.92. The highest BCUT2D eigenvalue weighted by molar-refractivity contribution is 5.89. The van der Waals surface area contributed by atoms with E-state index < -0.39 is 0 Å². The molecule has 2 aromatic rings. The maximum Gasteiger partial charge on any atom is 0.132 e. The zero-order valence-electron chi connectivity index (χ0n) is 6.07. The van der Waals surface area contributed by atoms with Crippen molar-refractivity contribution in [2.24, 2.45) is 0 Å². The summed E-state index contributed by atoms with van der Waals surface area (Å²) in [7, 11) is 0. The van der Waals surface area contributed by atoms with E-state index in [1.54, 1.807) is 12.1 Å². The number of hydrogen-bond donors (Lipinski definition) is 2. The molecule has 3 N–H and O–H groups in total. The smallest absolute Gasteiger partial charge is 0.132 e. The number of nitrogens with one attached hydrogen (secondary N) is 1. The zero-order chi connectivity index (χ0) is 8.55. The number of nitriles is 1. The van der Waals surface area contributed by atoms with Gasteiger partial charge in [-0.05, 0) is 12.1 Å². The molecular weight excluding hydrogens is 154 g/mol. The largest absolute Gasteiger partial charge is 0.397 e. The molecule has 5 heteroatoms. The van der Waals surface area contributed by atoms with Gasteiger partial charge in [-0.1, -0.05) is 5.21 Å². The van der Waals surface area contributed by atoms with Crippen molar-refractivity contribution in [1.82, 2.24) is 15.4 Å². The van der Waals surface area contributed by atoms with Crippen molar-refractivity contribution in [3.63, 3.8) is 0 Å². The molecule has 0 saturated heterocycles. The van der Waals surface area contributed by atoms with Gasteiger partial charge in [-0.15, -0.1) is 5.10 Å². The van der Waals surface area contributed by atoms with Crippen molar-refractivity contribution in [2.45, 2.75) is 0 Å². The van der Waals surface area contributed by atoms with Gasteiger partial charge in [0.1, 0.15) is 17.1 Å². The van der Waals surface area contributed by atoms with Gasteiger partial charge >= 0.3 is 0 Å². The molecule has 1 aromatic carbocycles. The van der Waals surface area contributed by atoms with Gasteiger partial charge in [-0.2, -0.15) is 5.26 Å². The first-order valence-corrected chi connectivity index (χ1v) is 3.32. The van der Waals surface area contributed by atoms with E-state index in [4.69, 9.17) is 11.0 Å². The Hall–Kier alpha value is -2.09. The Labute approximate surface area is 67.8 Å². The molecule has 0 aliphatic heterocycles. The third-order valence-corrected chi connectivity index (χ3v) is 1.64. The Morgan fingerprint density at radius 1 is 1.50 bits per heavy atom. The van der Waals surface area contributed by atoms with Crippen LogP contribution in [0.5, 0.6) is 0 Å². The molecule has 1 aromatic heterocycles. The van der Waals surface area contributed by atoms with Gasteiger partial charge in [0.15, 0.2) is 0 Å². The van der Waals surface area contributed by atoms with Crippen LogP contribution in [0.1, 0.15) is 5.56 Å². The second-order valence-corrected chi connectivity index (χ2v) is 2.35. The van der Waals surface area contributed by atoms with Crippen molar-refractivity contribution < 1.29 is 0 Å². The van der Waals surface area contributed by atoms with E-state index in [0.29, 0.717) is 22.3 Å².